The molecule has 0 atom stereocenters. The third kappa shape index (κ3) is 4.58. The van der Waals surface area contributed by atoms with Crippen LogP contribution in [0, 0.1) is 13.8 Å². The van der Waals surface area contributed by atoms with Crippen LogP contribution in [0.1, 0.15) is 34.1 Å². The Kier molecular flexibility index (Phi) is 6.11. The van der Waals surface area contributed by atoms with Crippen LogP contribution in [-0.2, 0) is 16.1 Å². The minimum Gasteiger partial charge on any atom is -0.456 e. The summed E-state index contributed by atoms with van der Waals surface area (Å²) in [5, 5.41) is 2.78. The molecule has 0 aliphatic heterocycles. The second-order valence-corrected chi connectivity index (χ2v) is 7.60. The number of hydrogen-bond acceptors (Lipinski definition) is 5. The summed E-state index contributed by atoms with van der Waals surface area (Å²) in [6, 6.07) is 12.4. The van der Waals surface area contributed by atoms with Crippen LogP contribution in [0.5, 0.6) is 0 Å². The number of ether oxygens (including phenoxy) is 1. The number of thiazole rings is 1. The molecule has 0 radical (unpaired) electrons. The Morgan fingerprint density at radius 3 is 2.61 bits per heavy atom. The van der Waals surface area contributed by atoms with Crippen molar-refractivity contribution in [3.63, 3.8) is 0 Å². The molecule has 0 aliphatic rings. The van der Waals surface area contributed by atoms with E-state index in [1.807, 2.05) is 32.0 Å². The molecule has 0 spiro atoms. The van der Waals surface area contributed by atoms with E-state index in [1.165, 1.54) is 18.3 Å². The van der Waals surface area contributed by atoms with Crippen LogP contribution < -0.4 is 4.90 Å². The number of rotatable bonds is 5. The van der Waals surface area contributed by atoms with Gasteiger partial charge in [-0.05, 0) is 55.3 Å². The second-order valence-electron chi connectivity index (χ2n) is 6.33. The van der Waals surface area contributed by atoms with Crippen LogP contribution in [0.3, 0.4) is 0 Å². The molecule has 1 heterocycles. The Labute approximate surface area is 172 Å². The van der Waals surface area contributed by atoms with Crippen LogP contribution in [-0.4, -0.2) is 16.9 Å². The number of amides is 1. The fourth-order valence-corrected chi connectivity index (χ4v) is 3.66. The van der Waals surface area contributed by atoms with Gasteiger partial charge in [-0.1, -0.05) is 23.7 Å². The molecule has 144 valence electrons. The SMILES string of the molecule is CC(=O)N(c1ccc(C)c(C)c1)c1nc(COC(=O)c2cccc(Cl)c2)cs1. The van der Waals surface area contributed by atoms with Crippen molar-refractivity contribution in [1.29, 1.82) is 0 Å². The van der Waals surface area contributed by atoms with Gasteiger partial charge in [-0.15, -0.1) is 11.3 Å². The number of benzene rings is 2. The number of carbonyl (C=O) groups is 2. The number of hydrogen-bond donors (Lipinski definition) is 0. The monoisotopic (exact) mass is 414 g/mol. The lowest BCUT2D eigenvalue weighted by Gasteiger charge is -2.19. The highest BCUT2D eigenvalue weighted by Gasteiger charge is 2.19. The van der Waals surface area contributed by atoms with E-state index in [2.05, 4.69) is 4.98 Å². The number of esters is 1. The first-order valence-corrected chi connectivity index (χ1v) is 9.86. The number of aryl methyl sites for hydroxylation is 2. The molecule has 2 aromatic carbocycles. The van der Waals surface area contributed by atoms with Crippen LogP contribution in [0.4, 0.5) is 10.8 Å². The maximum Gasteiger partial charge on any atom is 0.338 e. The smallest absolute Gasteiger partial charge is 0.338 e. The van der Waals surface area contributed by atoms with E-state index < -0.39 is 5.97 Å². The molecule has 0 saturated heterocycles. The number of anilines is 2. The Morgan fingerprint density at radius 2 is 1.93 bits per heavy atom. The van der Waals surface area contributed by atoms with Gasteiger partial charge in [0.15, 0.2) is 5.13 Å². The average molecular weight is 415 g/mol. The normalized spacial score (nSPS) is 10.6. The quantitative estimate of drug-likeness (QED) is 0.520. The van der Waals surface area contributed by atoms with Gasteiger partial charge in [0, 0.05) is 17.3 Å². The lowest BCUT2D eigenvalue weighted by molar-refractivity contribution is -0.115. The fourth-order valence-electron chi connectivity index (χ4n) is 2.60. The van der Waals surface area contributed by atoms with E-state index in [0.29, 0.717) is 21.4 Å². The van der Waals surface area contributed by atoms with Crippen molar-refractivity contribution in [2.24, 2.45) is 0 Å². The van der Waals surface area contributed by atoms with Crippen molar-refractivity contribution in [3.05, 3.63) is 75.3 Å². The summed E-state index contributed by atoms with van der Waals surface area (Å²) in [5.74, 6) is -0.616. The third-order valence-corrected chi connectivity index (χ3v) is 5.32. The number of nitrogens with zero attached hydrogens (tertiary/aromatic N) is 2. The van der Waals surface area contributed by atoms with E-state index in [4.69, 9.17) is 16.3 Å². The molecule has 0 unspecified atom stereocenters. The van der Waals surface area contributed by atoms with Gasteiger partial charge in [0.1, 0.15) is 6.61 Å². The number of carbonyl (C=O) groups excluding carboxylic acids is 2. The summed E-state index contributed by atoms with van der Waals surface area (Å²) in [7, 11) is 0. The van der Waals surface area contributed by atoms with Gasteiger partial charge in [-0.2, -0.15) is 0 Å². The molecule has 5 nitrogen and oxygen atoms in total. The highest BCUT2D eigenvalue weighted by Crippen LogP contribution is 2.30. The Bertz CT molecular complexity index is 1030. The van der Waals surface area contributed by atoms with Gasteiger partial charge in [0.25, 0.3) is 0 Å². The Morgan fingerprint density at radius 1 is 1.14 bits per heavy atom. The average Bonchev–Trinajstić information content (AvgIpc) is 3.11. The van der Waals surface area contributed by atoms with E-state index in [0.717, 1.165) is 16.8 Å². The fraction of sp³-hybridized carbons (Fsp3) is 0.190. The van der Waals surface area contributed by atoms with E-state index in [1.54, 1.807) is 34.5 Å². The maximum absolute atomic E-state index is 12.2. The minimum atomic E-state index is -0.477. The van der Waals surface area contributed by atoms with E-state index in [9.17, 15) is 9.59 Å². The predicted molar refractivity (Wildman–Crippen MR) is 111 cm³/mol. The molecule has 3 aromatic rings. The topological polar surface area (TPSA) is 59.5 Å². The first-order chi connectivity index (χ1) is 13.3. The third-order valence-electron chi connectivity index (χ3n) is 4.21. The summed E-state index contributed by atoms with van der Waals surface area (Å²) in [6.45, 7) is 5.53. The van der Waals surface area contributed by atoms with Gasteiger partial charge in [-0.3, -0.25) is 9.69 Å². The number of halogens is 1. The molecular formula is C21H19ClN2O3S. The molecule has 0 saturated carbocycles. The first kappa shape index (κ1) is 20.0. The minimum absolute atomic E-state index is 0.0144. The van der Waals surface area contributed by atoms with Crippen molar-refractivity contribution in [1.82, 2.24) is 4.98 Å². The van der Waals surface area contributed by atoms with Gasteiger partial charge < -0.3 is 4.74 Å². The molecule has 7 heteroatoms. The molecule has 1 aromatic heterocycles. The molecule has 0 fully saturated rings. The van der Waals surface area contributed by atoms with Crippen LogP contribution >= 0.6 is 22.9 Å². The van der Waals surface area contributed by atoms with Crippen LogP contribution in [0.15, 0.2) is 47.8 Å². The molecular weight excluding hydrogens is 396 g/mol. The van der Waals surface area contributed by atoms with Gasteiger partial charge in [0.05, 0.1) is 16.9 Å². The van der Waals surface area contributed by atoms with Gasteiger partial charge in [0.2, 0.25) is 5.91 Å². The van der Waals surface area contributed by atoms with Crippen LogP contribution in [0.25, 0.3) is 0 Å². The zero-order valence-electron chi connectivity index (χ0n) is 15.7. The number of aromatic nitrogens is 1. The molecule has 0 N–H and O–H groups in total. The molecule has 1 amide bonds. The summed E-state index contributed by atoms with van der Waals surface area (Å²) in [5.41, 5.74) is 3.96. The summed E-state index contributed by atoms with van der Waals surface area (Å²) in [4.78, 5) is 30.4. The maximum atomic E-state index is 12.2. The molecule has 28 heavy (non-hydrogen) atoms. The zero-order valence-corrected chi connectivity index (χ0v) is 17.3. The van der Waals surface area contributed by atoms with Crippen LogP contribution in [0.2, 0.25) is 5.02 Å². The van der Waals surface area contributed by atoms with Gasteiger partial charge >= 0.3 is 5.97 Å². The molecule has 0 bridgehead atoms. The lowest BCUT2D eigenvalue weighted by atomic mass is 10.1. The van der Waals surface area contributed by atoms with Crippen molar-refractivity contribution in [2.45, 2.75) is 27.4 Å². The second kappa shape index (κ2) is 8.54. The summed E-state index contributed by atoms with van der Waals surface area (Å²) < 4.78 is 5.31. The molecule has 0 aliphatic carbocycles. The standard InChI is InChI=1S/C21H19ClN2O3S/c1-13-7-8-19(9-14(13)2)24(15(3)25)21-23-18(12-28-21)11-27-20(26)16-5-4-6-17(22)10-16/h4-10,12H,11H2,1-3H3. The van der Waals surface area contributed by atoms with Crippen molar-refractivity contribution >= 4 is 45.6 Å². The highest BCUT2D eigenvalue weighted by atomic mass is 35.5. The van der Waals surface area contributed by atoms with Crippen molar-refractivity contribution < 1.29 is 14.3 Å². The van der Waals surface area contributed by atoms with Crippen molar-refractivity contribution in [2.75, 3.05) is 4.90 Å². The predicted octanol–water partition coefficient (Wildman–Crippen LogP) is 5.45. The van der Waals surface area contributed by atoms with Gasteiger partial charge in [-0.25, -0.2) is 9.78 Å². The Balaban J connectivity index is 1.75. The Hall–Kier alpha value is -2.70. The zero-order chi connectivity index (χ0) is 20.3. The van der Waals surface area contributed by atoms with E-state index >= 15 is 0 Å². The largest absolute Gasteiger partial charge is 0.456 e. The van der Waals surface area contributed by atoms with E-state index in [-0.39, 0.29) is 12.5 Å². The summed E-state index contributed by atoms with van der Waals surface area (Å²) in [6.07, 6.45) is 0. The molecule has 3 rings (SSSR count). The highest BCUT2D eigenvalue weighted by molar-refractivity contribution is 7.14. The lowest BCUT2D eigenvalue weighted by Crippen LogP contribution is -2.22. The first-order valence-electron chi connectivity index (χ1n) is 8.60. The van der Waals surface area contributed by atoms with Crippen molar-refractivity contribution in [3.8, 4) is 0 Å². The summed E-state index contributed by atoms with van der Waals surface area (Å²) >= 11 is 7.22.